The minimum Gasteiger partial charge on any atom is -0.271 e. The van der Waals surface area contributed by atoms with Crippen LogP contribution in [-0.4, -0.2) is 18.1 Å². The number of nitrogens with two attached hydrogens (primary N) is 1. The highest BCUT2D eigenvalue weighted by atomic mass is 32.2. The third-order valence-corrected chi connectivity index (χ3v) is 3.18. The molecule has 1 saturated carbocycles. The zero-order chi connectivity index (χ0) is 8.10. The van der Waals surface area contributed by atoms with Crippen molar-refractivity contribution in [2.45, 2.75) is 31.7 Å². The van der Waals surface area contributed by atoms with E-state index in [4.69, 9.17) is 5.84 Å². The molecule has 3 N–H and O–H groups in total. The van der Waals surface area contributed by atoms with Crippen molar-refractivity contribution in [3.05, 3.63) is 0 Å². The summed E-state index contributed by atoms with van der Waals surface area (Å²) in [4.78, 5) is 0. The van der Waals surface area contributed by atoms with Gasteiger partial charge in [-0.1, -0.05) is 19.3 Å². The molecule has 1 aliphatic carbocycles. The quantitative estimate of drug-likeness (QED) is 0.488. The van der Waals surface area contributed by atoms with Crippen molar-refractivity contribution in [1.29, 1.82) is 0 Å². The van der Waals surface area contributed by atoms with Crippen molar-refractivity contribution in [1.82, 2.24) is 5.43 Å². The summed E-state index contributed by atoms with van der Waals surface area (Å²) in [5.74, 6) is 7.53. The Kier molecular flexibility index (Phi) is 4.26. The van der Waals surface area contributed by atoms with E-state index >= 15 is 0 Å². The molecule has 2 nitrogen and oxygen atoms in total. The SMILES string of the molecule is CSCC(CC1CCC1)NN. The maximum absolute atomic E-state index is 5.42. The second-order valence-corrected chi connectivity index (χ2v) is 4.26. The molecule has 66 valence electrons. The maximum Gasteiger partial charge on any atom is 0.0303 e. The number of thioether (sulfide) groups is 1. The molecule has 1 atom stereocenters. The van der Waals surface area contributed by atoms with Crippen LogP contribution in [0.2, 0.25) is 0 Å². The zero-order valence-electron chi connectivity index (χ0n) is 7.18. The van der Waals surface area contributed by atoms with Gasteiger partial charge >= 0.3 is 0 Å². The predicted octanol–water partition coefficient (Wildman–Crippen LogP) is 1.37. The maximum atomic E-state index is 5.42. The van der Waals surface area contributed by atoms with E-state index in [9.17, 15) is 0 Å². The first-order valence-corrected chi connectivity index (χ1v) is 5.71. The Balaban J connectivity index is 2.08. The fourth-order valence-electron chi connectivity index (χ4n) is 1.52. The summed E-state index contributed by atoms with van der Waals surface area (Å²) < 4.78 is 0. The Morgan fingerprint density at radius 3 is 2.73 bits per heavy atom. The van der Waals surface area contributed by atoms with Crippen molar-refractivity contribution in [3.63, 3.8) is 0 Å². The molecule has 0 aromatic heterocycles. The summed E-state index contributed by atoms with van der Waals surface area (Å²) in [7, 11) is 0. The Morgan fingerprint density at radius 2 is 2.36 bits per heavy atom. The van der Waals surface area contributed by atoms with Crippen LogP contribution in [-0.2, 0) is 0 Å². The van der Waals surface area contributed by atoms with Crippen LogP contribution in [0.25, 0.3) is 0 Å². The van der Waals surface area contributed by atoms with Gasteiger partial charge in [-0.25, -0.2) is 0 Å². The van der Waals surface area contributed by atoms with Crippen LogP contribution in [0.15, 0.2) is 0 Å². The van der Waals surface area contributed by atoms with E-state index < -0.39 is 0 Å². The minimum absolute atomic E-state index is 0.537. The summed E-state index contributed by atoms with van der Waals surface area (Å²) in [6, 6.07) is 0.537. The summed E-state index contributed by atoms with van der Waals surface area (Å²) in [6.07, 6.45) is 7.68. The van der Waals surface area contributed by atoms with Crippen molar-refractivity contribution in [2.24, 2.45) is 11.8 Å². The standard InChI is InChI=1S/C8H18N2S/c1-11-6-8(10-9)5-7-3-2-4-7/h7-8,10H,2-6,9H2,1H3. The first-order chi connectivity index (χ1) is 5.36. The molecule has 0 radical (unpaired) electrons. The molecule has 1 aliphatic rings. The van der Waals surface area contributed by atoms with Crippen molar-refractivity contribution < 1.29 is 0 Å². The van der Waals surface area contributed by atoms with Gasteiger partial charge in [0.15, 0.2) is 0 Å². The molecule has 1 rings (SSSR count). The average Bonchev–Trinajstić information content (AvgIpc) is 1.94. The summed E-state index contributed by atoms with van der Waals surface area (Å²) in [6.45, 7) is 0. The molecular formula is C8H18N2S. The summed E-state index contributed by atoms with van der Waals surface area (Å²) in [5.41, 5.74) is 2.88. The first-order valence-electron chi connectivity index (χ1n) is 4.32. The van der Waals surface area contributed by atoms with E-state index in [1.807, 2.05) is 11.8 Å². The second-order valence-electron chi connectivity index (χ2n) is 3.35. The van der Waals surface area contributed by atoms with Crippen LogP contribution in [0.1, 0.15) is 25.7 Å². The number of rotatable bonds is 5. The van der Waals surface area contributed by atoms with Crippen molar-refractivity contribution in [3.8, 4) is 0 Å². The van der Waals surface area contributed by atoms with Gasteiger partial charge in [0.05, 0.1) is 0 Å². The number of nitrogens with one attached hydrogen (secondary N) is 1. The second kappa shape index (κ2) is 5.01. The van der Waals surface area contributed by atoms with Gasteiger partial charge in [-0.2, -0.15) is 11.8 Å². The fraction of sp³-hybridized carbons (Fsp3) is 1.00. The van der Waals surface area contributed by atoms with E-state index in [0.29, 0.717) is 6.04 Å². The Labute approximate surface area is 73.3 Å². The highest BCUT2D eigenvalue weighted by Crippen LogP contribution is 2.30. The van der Waals surface area contributed by atoms with Gasteiger partial charge in [0.25, 0.3) is 0 Å². The van der Waals surface area contributed by atoms with E-state index in [2.05, 4.69) is 11.7 Å². The largest absolute Gasteiger partial charge is 0.271 e. The zero-order valence-corrected chi connectivity index (χ0v) is 7.99. The van der Waals surface area contributed by atoms with Gasteiger partial charge in [0, 0.05) is 11.8 Å². The lowest BCUT2D eigenvalue weighted by Crippen LogP contribution is -2.39. The van der Waals surface area contributed by atoms with Gasteiger partial charge in [-0.05, 0) is 18.6 Å². The van der Waals surface area contributed by atoms with E-state index in [0.717, 1.165) is 11.7 Å². The molecule has 0 amide bonds. The molecule has 1 unspecified atom stereocenters. The average molecular weight is 174 g/mol. The van der Waals surface area contributed by atoms with Gasteiger partial charge in [-0.3, -0.25) is 11.3 Å². The lowest BCUT2D eigenvalue weighted by atomic mass is 9.81. The Morgan fingerprint density at radius 1 is 1.64 bits per heavy atom. The highest BCUT2D eigenvalue weighted by molar-refractivity contribution is 7.98. The third-order valence-electron chi connectivity index (χ3n) is 2.45. The molecule has 0 bridgehead atoms. The van der Waals surface area contributed by atoms with E-state index in [1.54, 1.807) is 0 Å². The topological polar surface area (TPSA) is 38.0 Å². The number of hydrogen-bond donors (Lipinski definition) is 2. The monoisotopic (exact) mass is 174 g/mol. The third kappa shape index (κ3) is 3.01. The summed E-state index contributed by atoms with van der Waals surface area (Å²) >= 11 is 1.87. The number of hydrogen-bond acceptors (Lipinski definition) is 3. The molecule has 0 aromatic rings. The van der Waals surface area contributed by atoms with Gasteiger partial charge in [-0.15, -0.1) is 0 Å². The van der Waals surface area contributed by atoms with Crippen LogP contribution in [0, 0.1) is 5.92 Å². The Hall–Kier alpha value is 0.270. The van der Waals surface area contributed by atoms with Gasteiger partial charge < -0.3 is 0 Å². The Bertz CT molecular complexity index is 104. The molecule has 0 saturated heterocycles. The van der Waals surface area contributed by atoms with Crippen LogP contribution in [0.3, 0.4) is 0 Å². The summed E-state index contributed by atoms with van der Waals surface area (Å²) in [5, 5.41) is 0. The molecular weight excluding hydrogens is 156 g/mol. The smallest absolute Gasteiger partial charge is 0.0303 e. The normalized spacial score (nSPS) is 21.3. The molecule has 0 aliphatic heterocycles. The van der Waals surface area contributed by atoms with Crippen LogP contribution in [0.5, 0.6) is 0 Å². The van der Waals surface area contributed by atoms with E-state index in [1.165, 1.54) is 25.7 Å². The van der Waals surface area contributed by atoms with Crippen LogP contribution < -0.4 is 11.3 Å². The first kappa shape index (κ1) is 9.36. The predicted molar refractivity (Wildman–Crippen MR) is 51.5 cm³/mol. The molecule has 11 heavy (non-hydrogen) atoms. The van der Waals surface area contributed by atoms with Gasteiger partial charge in [0.1, 0.15) is 0 Å². The van der Waals surface area contributed by atoms with Crippen LogP contribution in [0.4, 0.5) is 0 Å². The fourth-order valence-corrected chi connectivity index (χ4v) is 2.15. The van der Waals surface area contributed by atoms with Crippen molar-refractivity contribution >= 4 is 11.8 Å². The lowest BCUT2D eigenvalue weighted by Gasteiger charge is -2.29. The number of hydrazine groups is 1. The lowest BCUT2D eigenvalue weighted by molar-refractivity contribution is 0.268. The van der Waals surface area contributed by atoms with Gasteiger partial charge in [0.2, 0.25) is 0 Å². The minimum atomic E-state index is 0.537. The molecule has 0 heterocycles. The van der Waals surface area contributed by atoms with E-state index in [-0.39, 0.29) is 0 Å². The van der Waals surface area contributed by atoms with Crippen LogP contribution >= 0.6 is 11.8 Å². The molecule has 1 fully saturated rings. The molecule has 0 spiro atoms. The molecule has 3 heteroatoms. The van der Waals surface area contributed by atoms with Crippen molar-refractivity contribution in [2.75, 3.05) is 12.0 Å². The highest BCUT2D eigenvalue weighted by Gasteiger charge is 2.20. The molecule has 0 aromatic carbocycles.